The van der Waals surface area contributed by atoms with Crippen molar-refractivity contribution in [2.75, 3.05) is 42.3 Å². The highest BCUT2D eigenvalue weighted by Gasteiger charge is 2.06. The normalized spacial score (nSPS) is 10.2. The molecule has 0 fully saturated rings. The van der Waals surface area contributed by atoms with Crippen LogP contribution in [0, 0.1) is 0 Å². The van der Waals surface area contributed by atoms with E-state index < -0.39 is 0 Å². The summed E-state index contributed by atoms with van der Waals surface area (Å²) in [7, 11) is 1.56. The van der Waals surface area contributed by atoms with Crippen LogP contribution in [0.3, 0.4) is 0 Å². The summed E-state index contributed by atoms with van der Waals surface area (Å²) in [5, 5.41) is 6.42. The van der Waals surface area contributed by atoms with Crippen molar-refractivity contribution in [3.8, 4) is 5.75 Å². The maximum Gasteiger partial charge on any atom is 0.243 e. The molecule has 2 aromatic rings. The number of rotatable bonds is 8. The number of ether oxygens (including phenoxy) is 1. The number of amides is 1. The van der Waals surface area contributed by atoms with Gasteiger partial charge in [0.1, 0.15) is 5.75 Å². The molecule has 1 amide bonds. The standard InChI is InChI=1S/C19H24ClN3O2/c1-4-23(5-2)16-9-6-14(7-10-16)22-19(24)13-21-15-8-11-18(25-3)17(20)12-15/h6-12,21H,4-5,13H2,1-3H3,(H,22,24). The number of methoxy groups -OCH3 is 1. The number of nitrogens with zero attached hydrogens (tertiary/aromatic N) is 1. The molecule has 6 heteroatoms. The predicted molar refractivity (Wildman–Crippen MR) is 105 cm³/mol. The Morgan fingerprint density at radius 2 is 1.72 bits per heavy atom. The number of carbonyl (C=O) groups excluding carboxylic acids is 1. The molecule has 0 saturated carbocycles. The molecule has 25 heavy (non-hydrogen) atoms. The van der Waals surface area contributed by atoms with E-state index >= 15 is 0 Å². The summed E-state index contributed by atoms with van der Waals surface area (Å²) < 4.78 is 5.10. The maximum atomic E-state index is 12.1. The number of anilines is 3. The van der Waals surface area contributed by atoms with Crippen molar-refractivity contribution in [3.63, 3.8) is 0 Å². The third-order valence-electron chi connectivity index (χ3n) is 3.88. The van der Waals surface area contributed by atoms with Crippen molar-refractivity contribution < 1.29 is 9.53 Å². The molecule has 0 aromatic heterocycles. The van der Waals surface area contributed by atoms with Crippen molar-refractivity contribution in [3.05, 3.63) is 47.5 Å². The summed E-state index contributed by atoms with van der Waals surface area (Å²) in [5.41, 5.74) is 2.68. The second kappa shape index (κ2) is 9.18. The summed E-state index contributed by atoms with van der Waals surface area (Å²) in [4.78, 5) is 14.3. The lowest BCUT2D eigenvalue weighted by atomic mass is 10.2. The molecule has 0 bridgehead atoms. The molecular weight excluding hydrogens is 338 g/mol. The minimum absolute atomic E-state index is 0.123. The van der Waals surface area contributed by atoms with Crippen molar-refractivity contribution in [2.45, 2.75) is 13.8 Å². The van der Waals surface area contributed by atoms with E-state index in [1.165, 1.54) is 0 Å². The topological polar surface area (TPSA) is 53.6 Å². The van der Waals surface area contributed by atoms with Gasteiger partial charge in [0.05, 0.1) is 18.7 Å². The Hall–Kier alpha value is -2.40. The van der Waals surface area contributed by atoms with Gasteiger partial charge in [-0.3, -0.25) is 4.79 Å². The van der Waals surface area contributed by atoms with Crippen LogP contribution in [0.4, 0.5) is 17.1 Å². The fourth-order valence-corrected chi connectivity index (χ4v) is 2.77. The Kier molecular flexibility index (Phi) is 6.95. The minimum atomic E-state index is -0.123. The van der Waals surface area contributed by atoms with E-state index in [0.717, 1.165) is 30.2 Å². The zero-order valence-corrected chi connectivity index (χ0v) is 15.6. The van der Waals surface area contributed by atoms with Gasteiger partial charge in [-0.25, -0.2) is 0 Å². The average molecular weight is 362 g/mol. The number of hydrogen-bond acceptors (Lipinski definition) is 4. The van der Waals surface area contributed by atoms with Crippen LogP contribution >= 0.6 is 11.6 Å². The first-order chi connectivity index (χ1) is 12.1. The molecule has 134 valence electrons. The van der Waals surface area contributed by atoms with Gasteiger partial charge in [0.15, 0.2) is 0 Å². The van der Waals surface area contributed by atoms with Gasteiger partial charge in [-0.2, -0.15) is 0 Å². The third kappa shape index (κ3) is 5.29. The smallest absolute Gasteiger partial charge is 0.243 e. The number of halogens is 1. The highest BCUT2D eigenvalue weighted by atomic mass is 35.5. The van der Waals surface area contributed by atoms with E-state index in [1.807, 2.05) is 30.3 Å². The minimum Gasteiger partial charge on any atom is -0.495 e. The zero-order valence-electron chi connectivity index (χ0n) is 14.8. The number of hydrogen-bond donors (Lipinski definition) is 2. The molecule has 0 radical (unpaired) electrons. The average Bonchev–Trinajstić information content (AvgIpc) is 2.62. The molecule has 0 aliphatic heterocycles. The second-order valence-electron chi connectivity index (χ2n) is 5.47. The summed E-state index contributed by atoms with van der Waals surface area (Å²) in [6.07, 6.45) is 0. The lowest BCUT2D eigenvalue weighted by molar-refractivity contribution is -0.114. The van der Waals surface area contributed by atoms with E-state index in [1.54, 1.807) is 19.2 Å². The lowest BCUT2D eigenvalue weighted by Crippen LogP contribution is -2.23. The summed E-state index contributed by atoms with van der Waals surface area (Å²) >= 11 is 6.07. The van der Waals surface area contributed by atoms with Crippen LogP contribution in [-0.2, 0) is 4.79 Å². The van der Waals surface area contributed by atoms with Crippen LogP contribution in [0.25, 0.3) is 0 Å². The predicted octanol–water partition coefficient (Wildman–Crippen LogP) is 4.25. The third-order valence-corrected chi connectivity index (χ3v) is 4.18. The number of nitrogens with one attached hydrogen (secondary N) is 2. The number of carbonyl (C=O) groups is 1. The Morgan fingerprint density at radius 3 is 2.28 bits per heavy atom. The Labute approximate surface area is 153 Å². The summed E-state index contributed by atoms with van der Waals surface area (Å²) in [5.74, 6) is 0.479. The molecule has 2 N–H and O–H groups in total. The fourth-order valence-electron chi connectivity index (χ4n) is 2.51. The molecule has 0 unspecified atom stereocenters. The fraction of sp³-hybridized carbons (Fsp3) is 0.316. The van der Waals surface area contributed by atoms with E-state index in [4.69, 9.17) is 16.3 Å². The van der Waals surface area contributed by atoms with Crippen molar-refractivity contribution >= 4 is 34.6 Å². The molecule has 0 aliphatic carbocycles. The van der Waals surface area contributed by atoms with Crippen LogP contribution in [0.15, 0.2) is 42.5 Å². The highest BCUT2D eigenvalue weighted by Crippen LogP contribution is 2.27. The first kappa shape index (κ1) is 18.9. The lowest BCUT2D eigenvalue weighted by Gasteiger charge is -2.21. The van der Waals surface area contributed by atoms with Crippen molar-refractivity contribution in [1.29, 1.82) is 0 Å². The molecule has 0 atom stereocenters. The Bertz CT molecular complexity index is 700. The van der Waals surface area contributed by atoms with E-state index in [2.05, 4.69) is 29.4 Å². The Balaban J connectivity index is 1.88. The van der Waals surface area contributed by atoms with Crippen molar-refractivity contribution in [2.24, 2.45) is 0 Å². The van der Waals surface area contributed by atoms with Gasteiger partial charge in [0.25, 0.3) is 0 Å². The van der Waals surface area contributed by atoms with Gasteiger partial charge >= 0.3 is 0 Å². The van der Waals surface area contributed by atoms with Gasteiger partial charge in [0.2, 0.25) is 5.91 Å². The van der Waals surface area contributed by atoms with Crippen LogP contribution in [-0.4, -0.2) is 32.7 Å². The SMILES string of the molecule is CCN(CC)c1ccc(NC(=O)CNc2ccc(OC)c(Cl)c2)cc1. The number of benzene rings is 2. The van der Waals surface area contributed by atoms with E-state index in [-0.39, 0.29) is 12.5 Å². The van der Waals surface area contributed by atoms with Crippen LogP contribution in [0.2, 0.25) is 5.02 Å². The molecular formula is C19H24ClN3O2. The molecule has 0 heterocycles. The van der Waals surface area contributed by atoms with Crippen LogP contribution in [0.5, 0.6) is 5.75 Å². The largest absolute Gasteiger partial charge is 0.495 e. The molecule has 2 rings (SSSR count). The van der Waals surface area contributed by atoms with Gasteiger partial charge in [-0.05, 0) is 56.3 Å². The molecule has 0 spiro atoms. The first-order valence-corrected chi connectivity index (χ1v) is 8.67. The van der Waals surface area contributed by atoms with Gasteiger partial charge in [-0.15, -0.1) is 0 Å². The van der Waals surface area contributed by atoms with Crippen LogP contribution < -0.4 is 20.3 Å². The zero-order chi connectivity index (χ0) is 18.2. The Morgan fingerprint density at radius 1 is 1.08 bits per heavy atom. The molecule has 0 saturated heterocycles. The van der Waals surface area contributed by atoms with E-state index in [0.29, 0.717) is 10.8 Å². The summed E-state index contributed by atoms with van der Waals surface area (Å²) in [6, 6.07) is 13.2. The van der Waals surface area contributed by atoms with Gasteiger partial charge in [-0.1, -0.05) is 11.6 Å². The van der Waals surface area contributed by atoms with E-state index in [9.17, 15) is 4.79 Å². The quantitative estimate of drug-likeness (QED) is 0.738. The monoisotopic (exact) mass is 361 g/mol. The second-order valence-corrected chi connectivity index (χ2v) is 5.88. The molecule has 2 aromatic carbocycles. The molecule has 5 nitrogen and oxygen atoms in total. The van der Waals surface area contributed by atoms with Crippen LogP contribution in [0.1, 0.15) is 13.8 Å². The van der Waals surface area contributed by atoms with Gasteiger partial charge < -0.3 is 20.3 Å². The first-order valence-electron chi connectivity index (χ1n) is 8.29. The highest BCUT2D eigenvalue weighted by molar-refractivity contribution is 6.32. The van der Waals surface area contributed by atoms with Crippen molar-refractivity contribution in [1.82, 2.24) is 0 Å². The molecule has 0 aliphatic rings. The maximum absolute atomic E-state index is 12.1. The summed E-state index contributed by atoms with van der Waals surface area (Å²) in [6.45, 7) is 6.31. The van der Waals surface area contributed by atoms with Gasteiger partial charge in [0, 0.05) is 30.2 Å².